The molecule has 0 aromatic rings. The Hall–Kier alpha value is 0.812. The Morgan fingerprint density at radius 1 is 0.857 bits per heavy atom. The van der Waals surface area contributed by atoms with Crippen molar-refractivity contribution in [2.24, 2.45) is 0 Å². The van der Waals surface area contributed by atoms with Crippen molar-refractivity contribution >= 4 is 41.5 Å². The van der Waals surface area contributed by atoms with Crippen molar-refractivity contribution < 1.29 is 26.3 Å². The Morgan fingerprint density at radius 3 is 0.857 bits per heavy atom. The van der Waals surface area contributed by atoms with Gasteiger partial charge in [-0.05, 0) is 0 Å². The molecule has 0 atom stereocenters. The summed E-state index contributed by atoms with van der Waals surface area (Å²) in [5.41, 5.74) is -8.83. The molecule has 0 N–H and O–H groups in total. The van der Waals surface area contributed by atoms with Crippen molar-refractivity contribution in [1.29, 1.82) is 0 Å². The van der Waals surface area contributed by atoms with E-state index in [-0.39, 0.29) is 0 Å². The van der Waals surface area contributed by atoms with E-state index in [1.807, 2.05) is 0 Å². The maximum atomic E-state index is 10.2. The monoisotopic (exact) mass is 272 g/mol. The minimum atomic E-state index is -4.42. The summed E-state index contributed by atoms with van der Waals surface area (Å²) >= 11 is 8.31. The van der Waals surface area contributed by atoms with E-state index in [1.54, 1.807) is 0 Å². The molecule has 0 aliphatic rings. The third-order valence-electron chi connectivity index (χ3n) is 0. The Balaban J connectivity index is -0.000000131. The van der Waals surface area contributed by atoms with Gasteiger partial charge in [-0.15, -0.1) is 0 Å². The number of alkyl halides is 6. The van der Waals surface area contributed by atoms with E-state index in [2.05, 4.69) is 55.4 Å². The molecule has 0 spiro atoms. The molecule has 0 nitrogen and oxygen atoms in total. The Kier molecular flexibility index (Phi) is 13.1. The van der Waals surface area contributed by atoms with Gasteiger partial charge in [0, 0.05) is 0 Å². The zero-order chi connectivity index (χ0) is 12.6. The average Bonchev–Trinajstić information content (AvgIpc) is 1.45. The first-order valence-corrected chi connectivity index (χ1v) is 4.51. The Labute approximate surface area is 97.7 Å². The first-order chi connectivity index (χ1) is 5.73. The maximum absolute atomic E-state index is 10.2. The van der Waals surface area contributed by atoms with Crippen LogP contribution in [0.25, 0.3) is 0 Å². The second kappa shape index (κ2) is 9.07. The molecule has 84 valence electrons. The molecule has 0 saturated carbocycles. The SMILES string of the molecule is C[CH](C)[Al+2].FC(F)(F)[S-].FC(F)(F)[S-]. The summed E-state index contributed by atoms with van der Waals surface area (Å²) in [5.74, 6) is 0. The minimum Gasteiger partial charge on any atom is -0.680 e. The molecule has 0 aliphatic heterocycles. The standard InChI is InChI=1S/C3H7.2CHF3S.Al/c1-3-2;2*2-1(3,4)5;/h3H,1-2H3;2*5H;/q;;;+2/p-2. The second-order valence-corrected chi connectivity index (χ2v) is 4.39. The van der Waals surface area contributed by atoms with Crippen LogP contribution in [0, 0.1) is 0 Å². The molecule has 14 heavy (non-hydrogen) atoms. The number of hydrogen-bond donors (Lipinski definition) is 0. The molecule has 0 aromatic carbocycles. The number of hydrogen-bond acceptors (Lipinski definition) is 2. The molecule has 0 unspecified atom stereocenters. The summed E-state index contributed by atoms with van der Waals surface area (Å²) in [7, 11) is 0. The van der Waals surface area contributed by atoms with Crippen LogP contribution in [0.5, 0.6) is 0 Å². The van der Waals surface area contributed by atoms with Gasteiger partial charge in [-0.3, -0.25) is 0 Å². The van der Waals surface area contributed by atoms with Gasteiger partial charge in [0.15, 0.2) is 0 Å². The summed E-state index contributed by atoms with van der Waals surface area (Å²) in [6.45, 7) is 4.26. The van der Waals surface area contributed by atoms with Crippen molar-refractivity contribution in [1.82, 2.24) is 0 Å². The van der Waals surface area contributed by atoms with Gasteiger partial charge in [0.1, 0.15) is 0 Å². The minimum absolute atomic E-state index is 0.750. The maximum Gasteiger partial charge on any atom is 0.276 e. The molecule has 9 heteroatoms. The van der Waals surface area contributed by atoms with E-state index >= 15 is 0 Å². The van der Waals surface area contributed by atoms with Crippen LogP contribution in [0.1, 0.15) is 13.8 Å². The average molecular weight is 272 g/mol. The van der Waals surface area contributed by atoms with Gasteiger partial charge >= 0.3 is 34.9 Å². The van der Waals surface area contributed by atoms with Crippen molar-refractivity contribution in [3.63, 3.8) is 0 Å². The van der Waals surface area contributed by atoms with Crippen LogP contribution in [0.2, 0.25) is 4.78 Å². The van der Waals surface area contributed by atoms with E-state index in [0.717, 1.165) is 4.78 Å². The van der Waals surface area contributed by atoms with Crippen LogP contribution in [0.3, 0.4) is 0 Å². The number of halogens is 6. The molecular formula is C5H7AlF6S2. The molecule has 0 heterocycles. The van der Waals surface area contributed by atoms with Crippen molar-refractivity contribution in [3.05, 3.63) is 0 Å². The second-order valence-electron chi connectivity index (χ2n) is 2.14. The van der Waals surface area contributed by atoms with E-state index < -0.39 is 11.0 Å². The van der Waals surface area contributed by atoms with Gasteiger partial charge in [0.05, 0.1) is 0 Å². The fourth-order valence-corrected chi connectivity index (χ4v) is 0. The molecule has 0 radical (unpaired) electrons. The predicted octanol–water partition coefficient (Wildman–Crippen LogP) is 3.09. The quantitative estimate of drug-likeness (QED) is 0.377. The van der Waals surface area contributed by atoms with Crippen LogP contribution in [0.15, 0.2) is 0 Å². The smallest absolute Gasteiger partial charge is 0.276 e. The zero-order valence-electron chi connectivity index (χ0n) is 7.24. The topological polar surface area (TPSA) is 0 Å². The molecule has 0 bridgehead atoms. The molecule has 0 amide bonds. The van der Waals surface area contributed by atoms with Gasteiger partial charge in [-0.1, -0.05) is 0 Å². The van der Waals surface area contributed by atoms with Gasteiger partial charge in [-0.25, -0.2) is 0 Å². The van der Waals surface area contributed by atoms with E-state index in [9.17, 15) is 26.3 Å². The van der Waals surface area contributed by atoms with Crippen LogP contribution in [-0.2, 0) is 25.3 Å². The summed E-state index contributed by atoms with van der Waals surface area (Å²) in [5, 5.41) is 0. The first-order valence-electron chi connectivity index (χ1n) is 3.03. The van der Waals surface area contributed by atoms with E-state index in [0.29, 0.717) is 0 Å². The zero-order valence-corrected chi connectivity index (χ0v) is 10.0. The molecule has 0 saturated heterocycles. The molecule has 0 rings (SSSR count). The fourth-order valence-electron chi connectivity index (χ4n) is 0. The number of rotatable bonds is 0. The van der Waals surface area contributed by atoms with Crippen LogP contribution in [-0.4, -0.2) is 27.3 Å². The molecule has 0 aliphatic carbocycles. The van der Waals surface area contributed by atoms with Crippen molar-refractivity contribution in [3.8, 4) is 0 Å². The Morgan fingerprint density at radius 2 is 0.857 bits per heavy atom. The van der Waals surface area contributed by atoms with Crippen molar-refractivity contribution in [2.45, 2.75) is 29.6 Å². The summed E-state index contributed by atoms with van der Waals surface area (Å²) in [6, 6.07) is 0. The third kappa shape index (κ3) is 2710. The summed E-state index contributed by atoms with van der Waals surface area (Å²) in [4.78, 5) is 0. The molecular weight excluding hydrogens is 265 g/mol. The summed E-state index contributed by atoms with van der Waals surface area (Å²) in [6.07, 6.45) is 0. The van der Waals surface area contributed by atoms with Crippen LogP contribution < -0.4 is 0 Å². The van der Waals surface area contributed by atoms with E-state index in [1.165, 1.54) is 0 Å². The van der Waals surface area contributed by atoms with Gasteiger partial charge < -0.3 is 25.3 Å². The normalized spacial score (nSPS) is 11.2. The van der Waals surface area contributed by atoms with Crippen LogP contribution >= 0.6 is 0 Å². The first kappa shape index (κ1) is 20.3. The predicted molar refractivity (Wildman–Crippen MR) is 47.7 cm³/mol. The van der Waals surface area contributed by atoms with E-state index in [4.69, 9.17) is 0 Å². The fraction of sp³-hybridized carbons (Fsp3) is 1.00. The van der Waals surface area contributed by atoms with Gasteiger partial charge in [-0.2, -0.15) is 26.3 Å². The third-order valence-corrected chi connectivity index (χ3v) is 0. The van der Waals surface area contributed by atoms with Crippen molar-refractivity contribution in [2.75, 3.05) is 0 Å². The van der Waals surface area contributed by atoms with Crippen LogP contribution in [0.4, 0.5) is 26.3 Å². The molecule has 0 aromatic heterocycles. The Bertz CT molecular complexity index is 93.6. The molecule has 0 fully saturated rings. The summed E-state index contributed by atoms with van der Waals surface area (Å²) < 4.78 is 61.8. The largest absolute Gasteiger partial charge is 0.680 e. The van der Waals surface area contributed by atoms with Gasteiger partial charge in [0.2, 0.25) is 0 Å². The van der Waals surface area contributed by atoms with Gasteiger partial charge in [0.25, 0.3) is 11.0 Å².